The predicted octanol–water partition coefficient (Wildman–Crippen LogP) is 2.75. The molecule has 1 N–H and O–H groups in total. The van der Waals surface area contributed by atoms with Crippen LogP contribution < -0.4 is 0 Å². The van der Waals surface area contributed by atoms with Gasteiger partial charge in [-0.15, -0.1) is 0 Å². The molecular weight excluding hydrogens is 216 g/mol. The van der Waals surface area contributed by atoms with Gasteiger partial charge in [0.2, 0.25) is 0 Å². The summed E-state index contributed by atoms with van der Waals surface area (Å²) in [6, 6.07) is 9.78. The summed E-state index contributed by atoms with van der Waals surface area (Å²) >= 11 is 0. The Labute approximate surface area is 102 Å². The molecule has 3 heteroatoms. The first-order valence-corrected chi connectivity index (χ1v) is 5.99. The van der Waals surface area contributed by atoms with E-state index < -0.39 is 5.97 Å². The lowest BCUT2D eigenvalue weighted by Crippen LogP contribution is -2.16. The van der Waals surface area contributed by atoms with Crippen molar-refractivity contribution in [1.82, 2.24) is 0 Å². The molecule has 1 aromatic carbocycles. The third-order valence-corrected chi connectivity index (χ3v) is 2.83. The van der Waals surface area contributed by atoms with Crippen LogP contribution in [0.5, 0.6) is 0 Å². The highest BCUT2D eigenvalue weighted by Gasteiger charge is 2.17. The molecule has 0 amide bonds. The maximum Gasteiger partial charge on any atom is 0.306 e. The minimum atomic E-state index is -0.703. The van der Waals surface area contributed by atoms with E-state index in [1.165, 1.54) is 0 Å². The van der Waals surface area contributed by atoms with E-state index in [1.807, 2.05) is 30.3 Å². The molecule has 94 valence electrons. The summed E-state index contributed by atoms with van der Waals surface area (Å²) in [5, 5.41) is 9.16. The molecule has 0 saturated carbocycles. The van der Waals surface area contributed by atoms with Crippen molar-refractivity contribution in [3.8, 4) is 0 Å². The lowest BCUT2D eigenvalue weighted by molar-refractivity contribution is -0.142. The molecule has 0 radical (unpaired) electrons. The maximum absolute atomic E-state index is 11.1. The average Bonchev–Trinajstić information content (AvgIpc) is 2.34. The molecule has 1 atom stereocenters. The summed E-state index contributed by atoms with van der Waals surface area (Å²) in [5.41, 5.74) is 1.09. The Hall–Kier alpha value is -1.35. The Morgan fingerprint density at radius 1 is 1.29 bits per heavy atom. The molecular formula is C14H20O3. The van der Waals surface area contributed by atoms with Crippen LogP contribution in [0.2, 0.25) is 0 Å². The van der Waals surface area contributed by atoms with E-state index in [0.717, 1.165) is 18.4 Å². The van der Waals surface area contributed by atoms with E-state index >= 15 is 0 Å². The third-order valence-electron chi connectivity index (χ3n) is 2.83. The highest BCUT2D eigenvalue weighted by Crippen LogP contribution is 2.15. The Bertz CT molecular complexity index is 321. The van der Waals surface area contributed by atoms with Crippen LogP contribution in [0.15, 0.2) is 30.3 Å². The van der Waals surface area contributed by atoms with Crippen molar-refractivity contribution in [1.29, 1.82) is 0 Å². The Morgan fingerprint density at radius 3 is 2.59 bits per heavy atom. The lowest BCUT2D eigenvalue weighted by Gasteiger charge is -2.12. The molecule has 0 aromatic heterocycles. The number of carboxylic acids is 1. The minimum absolute atomic E-state index is 0.283. The van der Waals surface area contributed by atoms with Crippen LogP contribution in [-0.2, 0) is 16.0 Å². The van der Waals surface area contributed by atoms with E-state index in [1.54, 1.807) is 7.11 Å². The third kappa shape index (κ3) is 5.50. The number of carboxylic acid groups (broad SMARTS) is 1. The molecule has 1 unspecified atom stereocenters. The van der Waals surface area contributed by atoms with Crippen molar-refractivity contribution in [2.75, 3.05) is 13.7 Å². The number of ether oxygens (including phenoxy) is 1. The van der Waals surface area contributed by atoms with Gasteiger partial charge in [-0.05, 0) is 24.8 Å². The van der Waals surface area contributed by atoms with Gasteiger partial charge in [-0.25, -0.2) is 0 Å². The summed E-state index contributed by atoms with van der Waals surface area (Å²) < 4.78 is 4.95. The van der Waals surface area contributed by atoms with Gasteiger partial charge in [0.05, 0.1) is 5.92 Å². The Kier molecular flexibility index (Phi) is 6.33. The van der Waals surface area contributed by atoms with E-state index in [4.69, 9.17) is 9.84 Å². The van der Waals surface area contributed by atoms with Crippen LogP contribution in [0.25, 0.3) is 0 Å². The van der Waals surface area contributed by atoms with Gasteiger partial charge in [0.1, 0.15) is 0 Å². The zero-order chi connectivity index (χ0) is 12.5. The van der Waals surface area contributed by atoms with Crippen molar-refractivity contribution in [3.05, 3.63) is 35.9 Å². The second kappa shape index (κ2) is 7.85. The number of hydrogen-bond donors (Lipinski definition) is 1. The Morgan fingerprint density at radius 2 is 2.00 bits per heavy atom. The largest absolute Gasteiger partial charge is 0.481 e. The average molecular weight is 236 g/mol. The number of aliphatic carboxylic acids is 1. The summed E-state index contributed by atoms with van der Waals surface area (Å²) in [4.78, 5) is 11.1. The fourth-order valence-electron chi connectivity index (χ4n) is 1.85. The fraction of sp³-hybridized carbons (Fsp3) is 0.500. The topological polar surface area (TPSA) is 46.5 Å². The van der Waals surface area contributed by atoms with Gasteiger partial charge in [0.15, 0.2) is 0 Å². The van der Waals surface area contributed by atoms with Gasteiger partial charge >= 0.3 is 5.97 Å². The van der Waals surface area contributed by atoms with Crippen molar-refractivity contribution in [3.63, 3.8) is 0 Å². The molecule has 3 nitrogen and oxygen atoms in total. The van der Waals surface area contributed by atoms with E-state index in [0.29, 0.717) is 19.4 Å². The first-order valence-electron chi connectivity index (χ1n) is 5.99. The van der Waals surface area contributed by atoms with Gasteiger partial charge < -0.3 is 9.84 Å². The lowest BCUT2D eigenvalue weighted by atomic mass is 9.94. The molecule has 17 heavy (non-hydrogen) atoms. The Balaban J connectivity index is 2.41. The number of unbranched alkanes of at least 4 members (excludes halogenated alkanes) is 1. The van der Waals surface area contributed by atoms with Crippen LogP contribution in [0, 0.1) is 5.92 Å². The summed E-state index contributed by atoms with van der Waals surface area (Å²) in [7, 11) is 1.67. The summed E-state index contributed by atoms with van der Waals surface area (Å²) in [6.07, 6.45) is 3.16. The second-order valence-electron chi connectivity index (χ2n) is 4.21. The number of carbonyl (C=O) groups is 1. The monoisotopic (exact) mass is 236 g/mol. The van der Waals surface area contributed by atoms with Crippen LogP contribution >= 0.6 is 0 Å². The first kappa shape index (κ1) is 13.7. The number of hydrogen-bond acceptors (Lipinski definition) is 2. The van der Waals surface area contributed by atoms with Gasteiger partial charge in [-0.3, -0.25) is 4.79 Å². The SMILES string of the molecule is COCCCCC(Cc1ccccc1)C(=O)O. The number of benzene rings is 1. The fourth-order valence-corrected chi connectivity index (χ4v) is 1.85. The van der Waals surface area contributed by atoms with Gasteiger partial charge in [-0.2, -0.15) is 0 Å². The van der Waals surface area contributed by atoms with Crippen LogP contribution in [0.3, 0.4) is 0 Å². The zero-order valence-electron chi connectivity index (χ0n) is 10.3. The molecule has 1 rings (SSSR count). The maximum atomic E-state index is 11.1. The van der Waals surface area contributed by atoms with E-state index in [9.17, 15) is 4.79 Å². The van der Waals surface area contributed by atoms with Crippen molar-refractivity contribution in [2.45, 2.75) is 25.7 Å². The van der Waals surface area contributed by atoms with Crippen molar-refractivity contribution in [2.24, 2.45) is 5.92 Å². The van der Waals surface area contributed by atoms with E-state index in [-0.39, 0.29) is 5.92 Å². The van der Waals surface area contributed by atoms with Gasteiger partial charge in [0.25, 0.3) is 0 Å². The second-order valence-corrected chi connectivity index (χ2v) is 4.21. The summed E-state index contributed by atoms with van der Waals surface area (Å²) in [6.45, 7) is 0.706. The molecule has 0 aliphatic heterocycles. The standard InChI is InChI=1S/C14H20O3/c1-17-10-6-5-9-13(14(15)16)11-12-7-3-2-4-8-12/h2-4,7-8,13H,5-6,9-11H2,1H3,(H,15,16). The molecule has 0 fully saturated rings. The molecule has 0 aliphatic carbocycles. The number of methoxy groups -OCH3 is 1. The molecule has 1 aromatic rings. The molecule has 0 aliphatic rings. The van der Waals surface area contributed by atoms with Crippen molar-refractivity contribution < 1.29 is 14.6 Å². The molecule has 0 bridgehead atoms. The van der Waals surface area contributed by atoms with Crippen molar-refractivity contribution >= 4 is 5.97 Å². The smallest absolute Gasteiger partial charge is 0.306 e. The minimum Gasteiger partial charge on any atom is -0.481 e. The molecule has 0 spiro atoms. The van der Waals surface area contributed by atoms with Crippen LogP contribution in [-0.4, -0.2) is 24.8 Å². The van der Waals surface area contributed by atoms with Crippen LogP contribution in [0.4, 0.5) is 0 Å². The highest BCUT2D eigenvalue weighted by atomic mass is 16.5. The van der Waals surface area contributed by atoms with Gasteiger partial charge in [0, 0.05) is 13.7 Å². The molecule has 0 saturated heterocycles. The first-order chi connectivity index (χ1) is 8.24. The van der Waals surface area contributed by atoms with Crippen LogP contribution in [0.1, 0.15) is 24.8 Å². The highest BCUT2D eigenvalue weighted by molar-refractivity contribution is 5.70. The normalized spacial score (nSPS) is 12.3. The quantitative estimate of drug-likeness (QED) is 0.706. The zero-order valence-corrected chi connectivity index (χ0v) is 10.3. The number of rotatable bonds is 8. The van der Waals surface area contributed by atoms with E-state index in [2.05, 4.69) is 0 Å². The molecule has 0 heterocycles. The summed E-state index contributed by atoms with van der Waals surface area (Å²) in [5.74, 6) is -0.986. The van der Waals surface area contributed by atoms with Gasteiger partial charge in [-0.1, -0.05) is 36.8 Å². The predicted molar refractivity (Wildman–Crippen MR) is 67.0 cm³/mol.